The molecule has 2 rings (SSSR count). The largest absolute Gasteiger partial charge is 0.493 e. The van der Waals surface area contributed by atoms with Crippen molar-refractivity contribution in [2.75, 3.05) is 31.3 Å². The molecular weight excluding hydrogens is 423 g/mol. The van der Waals surface area contributed by atoms with Crippen LogP contribution < -0.4 is 19.1 Å². The van der Waals surface area contributed by atoms with Crippen LogP contribution in [0.3, 0.4) is 0 Å². The molecule has 0 aromatic heterocycles. The summed E-state index contributed by atoms with van der Waals surface area (Å²) in [7, 11) is -1.05. The van der Waals surface area contributed by atoms with Gasteiger partial charge in [-0.15, -0.1) is 0 Å². The van der Waals surface area contributed by atoms with Crippen LogP contribution in [0.25, 0.3) is 0 Å². The monoisotopic (exact) mass is 452 g/mol. The zero-order valence-electron chi connectivity index (χ0n) is 18.4. The molecule has 2 aromatic rings. The summed E-state index contributed by atoms with van der Waals surface area (Å²) in [6.45, 7) is 4.21. The van der Waals surface area contributed by atoms with Gasteiger partial charge in [0.05, 0.1) is 38.3 Å². The number of nitrogens with one attached hydrogen (secondary N) is 1. The van der Waals surface area contributed by atoms with E-state index < -0.39 is 21.7 Å². The van der Waals surface area contributed by atoms with Crippen molar-refractivity contribution in [3.8, 4) is 11.5 Å². The number of hydrogen-bond acceptors (Lipinski definition) is 5. The Kier molecular flexibility index (Phi) is 8.27. The number of hydrogen-bond donors (Lipinski definition) is 1. The number of carbonyl (C=O) groups excluding carboxylic acids is 1. The first-order valence-corrected chi connectivity index (χ1v) is 11.7. The number of carbonyl (C=O) groups is 1. The molecule has 0 bridgehead atoms. The van der Waals surface area contributed by atoms with Crippen molar-refractivity contribution < 1.29 is 27.1 Å². The lowest BCUT2D eigenvalue weighted by molar-refractivity contribution is 0.0952. The van der Waals surface area contributed by atoms with Gasteiger partial charge in [0.15, 0.2) is 11.5 Å². The fourth-order valence-corrected chi connectivity index (χ4v) is 3.87. The van der Waals surface area contributed by atoms with Crippen LogP contribution >= 0.6 is 0 Å². The predicted octanol–water partition coefficient (Wildman–Crippen LogP) is 3.59. The van der Waals surface area contributed by atoms with Gasteiger partial charge in [0.25, 0.3) is 5.91 Å². The number of nitrogens with zero attached hydrogens (tertiary/aromatic N) is 1. The molecule has 9 heteroatoms. The topological polar surface area (TPSA) is 84.9 Å². The van der Waals surface area contributed by atoms with Gasteiger partial charge < -0.3 is 14.8 Å². The average Bonchev–Trinajstić information content (AvgIpc) is 2.71. The second kappa shape index (κ2) is 10.5. The van der Waals surface area contributed by atoms with Gasteiger partial charge in [0.2, 0.25) is 10.0 Å². The van der Waals surface area contributed by atoms with Crippen LogP contribution in [-0.4, -0.2) is 41.3 Å². The van der Waals surface area contributed by atoms with E-state index in [0.29, 0.717) is 12.5 Å². The van der Waals surface area contributed by atoms with E-state index in [1.807, 2.05) is 13.8 Å². The molecule has 0 saturated carbocycles. The molecule has 0 spiro atoms. The minimum absolute atomic E-state index is 0.0745. The summed E-state index contributed by atoms with van der Waals surface area (Å²) in [5.41, 5.74) is 0.336. The molecule has 0 saturated heterocycles. The maximum absolute atomic E-state index is 14.3. The Hall–Kier alpha value is -2.81. The smallest absolute Gasteiger partial charge is 0.253 e. The number of sulfonamides is 1. The first-order chi connectivity index (χ1) is 14.6. The van der Waals surface area contributed by atoms with Gasteiger partial charge in [0.1, 0.15) is 5.82 Å². The van der Waals surface area contributed by atoms with Crippen molar-refractivity contribution in [2.24, 2.45) is 5.92 Å². The first-order valence-electron chi connectivity index (χ1n) is 9.83. The highest BCUT2D eigenvalue weighted by molar-refractivity contribution is 7.92. The normalized spacial score (nSPS) is 11.3. The summed E-state index contributed by atoms with van der Waals surface area (Å²) in [6, 6.07) is 8.73. The molecule has 2 aromatic carbocycles. The lowest BCUT2D eigenvalue weighted by Crippen LogP contribution is -2.33. The van der Waals surface area contributed by atoms with Crippen molar-refractivity contribution >= 4 is 21.6 Å². The van der Waals surface area contributed by atoms with Gasteiger partial charge in [-0.2, -0.15) is 0 Å². The molecule has 7 nitrogen and oxygen atoms in total. The third kappa shape index (κ3) is 6.33. The molecule has 1 amide bonds. The number of anilines is 1. The standard InChI is InChI=1S/C22H29FN2O5S/c1-15(2)10-11-24-22(26)17-12-20(29-3)21(30-4)13-19(17)25(31(5,27)28)14-16-8-6-7-9-18(16)23/h6-9,12-13,15H,10-11,14H2,1-5H3,(H,24,26). The summed E-state index contributed by atoms with van der Waals surface area (Å²) in [6.07, 6.45) is 1.77. The predicted molar refractivity (Wildman–Crippen MR) is 119 cm³/mol. The highest BCUT2D eigenvalue weighted by Crippen LogP contribution is 2.37. The van der Waals surface area contributed by atoms with E-state index in [0.717, 1.165) is 17.0 Å². The van der Waals surface area contributed by atoms with Gasteiger partial charge in [-0.25, -0.2) is 12.8 Å². The van der Waals surface area contributed by atoms with Crippen molar-refractivity contribution in [1.82, 2.24) is 5.32 Å². The van der Waals surface area contributed by atoms with E-state index >= 15 is 0 Å². The van der Waals surface area contributed by atoms with Crippen LogP contribution in [-0.2, 0) is 16.6 Å². The summed E-state index contributed by atoms with van der Waals surface area (Å²) in [4.78, 5) is 13.0. The SMILES string of the molecule is COc1cc(C(=O)NCCC(C)C)c(N(Cc2ccccc2F)S(C)(=O)=O)cc1OC. The van der Waals surface area contributed by atoms with Crippen LogP contribution in [0.1, 0.15) is 36.2 Å². The number of methoxy groups -OCH3 is 2. The molecule has 0 heterocycles. The van der Waals surface area contributed by atoms with Crippen LogP contribution in [0.5, 0.6) is 11.5 Å². The molecule has 1 N–H and O–H groups in total. The van der Waals surface area contributed by atoms with E-state index in [-0.39, 0.29) is 34.9 Å². The van der Waals surface area contributed by atoms with E-state index in [2.05, 4.69) is 5.32 Å². The van der Waals surface area contributed by atoms with E-state index in [4.69, 9.17) is 9.47 Å². The molecule has 0 aliphatic rings. The zero-order chi connectivity index (χ0) is 23.2. The summed E-state index contributed by atoms with van der Waals surface area (Å²) < 4.78 is 51.2. The van der Waals surface area contributed by atoms with Crippen LogP contribution in [0.15, 0.2) is 36.4 Å². The van der Waals surface area contributed by atoms with E-state index in [9.17, 15) is 17.6 Å². The number of rotatable bonds is 10. The van der Waals surface area contributed by atoms with Gasteiger partial charge >= 0.3 is 0 Å². The second-order valence-electron chi connectivity index (χ2n) is 7.52. The maximum Gasteiger partial charge on any atom is 0.253 e. The van der Waals surface area contributed by atoms with Gasteiger partial charge in [-0.05, 0) is 24.5 Å². The van der Waals surface area contributed by atoms with Gasteiger partial charge in [0, 0.05) is 18.2 Å². The lowest BCUT2D eigenvalue weighted by Gasteiger charge is -2.26. The lowest BCUT2D eigenvalue weighted by atomic mass is 10.1. The number of halogens is 1. The fourth-order valence-electron chi connectivity index (χ4n) is 2.99. The molecule has 0 unspecified atom stereocenters. The third-order valence-corrected chi connectivity index (χ3v) is 5.82. The molecule has 0 atom stereocenters. The molecule has 0 radical (unpaired) electrons. The Morgan fingerprint density at radius 1 is 1.13 bits per heavy atom. The third-order valence-electron chi connectivity index (χ3n) is 4.69. The number of benzene rings is 2. The molecule has 0 aliphatic heterocycles. The summed E-state index contributed by atoms with van der Waals surface area (Å²) >= 11 is 0. The number of ether oxygens (including phenoxy) is 2. The van der Waals surface area contributed by atoms with E-state index in [1.165, 1.54) is 44.6 Å². The van der Waals surface area contributed by atoms with Crippen LogP contribution in [0.2, 0.25) is 0 Å². The Balaban J connectivity index is 2.59. The van der Waals surface area contributed by atoms with Crippen LogP contribution in [0.4, 0.5) is 10.1 Å². The minimum Gasteiger partial charge on any atom is -0.493 e. The Bertz CT molecular complexity index is 1020. The van der Waals surface area contributed by atoms with Crippen molar-refractivity contribution in [2.45, 2.75) is 26.8 Å². The number of amides is 1. The van der Waals surface area contributed by atoms with Crippen molar-refractivity contribution in [1.29, 1.82) is 0 Å². The molecule has 31 heavy (non-hydrogen) atoms. The average molecular weight is 453 g/mol. The zero-order valence-corrected chi connectivity index (χ0v) is 19.3. The Morgan fingerprint density at radius 2 is 1.74 bits per heavy atom. The summed E-state index contributed by atoms with van der Waals surface area (Å²) in [5.74, 6) is -0.0879. The van der Waals surface area contributed by atoms with Gasteiger partial charge in [-0.3, -0.25) is 9.10 Å². The van der Waals surface area contributed by atoms with Gasteiger partial charge in [-0.1, -0.05) is 32.0 Å². The molecule has 170 valence electrons. The van der Waals surface area contributed by atoms with E-state index in [1.54, 1.807) is 6.07 Å². The Labute approximate surface area is 183 Å². The van der Waals surface area contributed by atoms with Crippen molar-refractivity contribution in [3.05, 3.63) is 53.3 Å². The minimum atomic E-state index is -3.88. The molecule has 0 aliphatic carbocycles. The summed E-state index contributed by atoms with van der Waals surface area (Å²) in [5, 5.41) is 2.81. The van der Waals surface area contributed by atoms with Crippen molar-refractivity contribution in [3.63, 3.8) is 0 Å². The fraction of sp³-hybridized carbons (Fsp3) is 0.409. The highest BCUT2D eigenvalue weighted by Gasteiger charge is 2.27. The maximum atomic E-state index is 14.3. The first kappa shape index (κ1) is 24.5. The van der Waals surface area contributed by atoms with Crippen LogP contribution in [0, 0.1) is 11.7 Å². The quantitative estimate of drug-likeness (QED) is 0.596. The second-order valence-corrected chi connectivity index (χ2v) is 9.43. The molecular formula is C22H29FN2O5S. The Morgan fingerprint density at radius 3 is 2.29 bits per heavy atom. The molecule has 0 fully saturated rings. The highest BCUT2D eigenvalue weighted by atomic mass is 32.2.